The maximum atomic E-state index is 14.6. The zero-order valence-electron chi connectivity index (χ0n) is 108. The number of aliphatic carboxylic acids is 1. The zero-order valence-corrected chi connectivity index (χ0v) is 30.6. The Labute approximate surface area is 470 Å². The minimum Gasteiger partial charge on any atom is -0.480 e. The summed E-state index contributed by atoms with van der Waals surface area (Å²) in [5.74, 6) is -56.1. The van der Waals surface area contributed by atoms with Crippen molar-refractivity contribution in [2.24, 2.45) is 52.9 Å². The molecular formula is C46H93N2O10P. The number of ether oxygens (including phenoxy) is 2. The third-order valence-electron chi connectivity index (χ3n) is 4.54. The van der Waals surface area contributed by atoms with Crippen LogP contribution in [0.2, 0.25) is 0 Å². The molecule has 7 unspecified atom stereocenters. The summed E-state index contributed by atoms with van der Waals surface area (Å²) in [5.41, 5.74) is 5.18. The molecule has 9 atom stereocenters. The molecule has 0 radical (unpaired) electrons. The number of esters is 2. The lowest BCUT2D eigenvalue weighted by molar-refractivity contribution is -0.162. The van der Waals surface area contributed by atoms with Crippen molar-refractivity contribution in [3.8, 4) is 0 Å². The summed E-state index contributed by atoms with van der Waals surface area (Å²) in [6.45, 7) is -59.3. The molecule has 0 rings (SSSR count). The molecule has 0 aromatic carbocycles. The fourth-order valence-electron chi connectivity index (χ4n) is 2.29. The van der Waals surface area contributed by atoms with Gasteiger partial charge in [-0.25, -0.2) is 4.57 Å². The number of carboxylic acids is 1. The van der Waals surface area contributed by atoms with Crippen LogP contribution in [0.3, 0.4) is 0 Å². The average Bonchev–Trinajstić information content (AvgIpc) is 0.654. The van der Waals surface area contributed by atoms with Gasteiger partial charge in [0.2, 0.25) is 0 Å². The van der Waals surface area contributed by atoms with Gasteiger partial charge >= 0.3 is 25.7 Å². The largest absolute Gasteiger partial charge is 0.480 e. The number of nitrogens with two attached hydrogens (primary N) is 1. The molecule has 0 aromatic rings. The average molecular weight is 944 g/mol. The predicted molar refractivity (Wildman–Crippen MR) is 240 cm³/mol. The normalized spacial score (nSPS) is 47.0. The van der Waals surface area contributed by atoms with Crippen LogP contribution >= 0.6 is 7.82 Å². The zero-order chi connectivity index (χ0) is 112. The first kappa shape index (κ1) is 10.3. The van der Waals surface area contributed by atoms with Gasteiger partial charge in [-0.2, -0.15) is 0 Å². The number of carbonyl (C=O) groups excluding carboxylic acids is 2. The van der Waals surface area contributed by atoms with Gasteiger partial charge in [0.05, 0.1) is 13.2 Å². The maximum absolute atomic E-state index is 14.6. The van der Waals surface area contributed by atoms with E-state index in [0.29, 0.717) is 0 Å². The number of hydrogen-bond acceptors (Lipinski definition) is 10. The highest BCUT2D eigenvalue weighted by Crippen LogP contribution is 2.43. The summed E-state index contributed by atoms with van der Waals surface area (Å²) < 4.78 is 691. The van der Waals surface area contributed by atoms with E-state index in [1.165, 1.54) is 0 Å². The molecule has 0 aliphatic heterocycles. The molecule has 352 valence electrons. The van der Waals surface area contributed by atoms with E-state index in [-0.39, 0.29) is 6.15 Å². The van der Waals surface area contributed by atoms with Crippen molar-refractivity contribution in [2.45, 2.75) is 208 Å². The minimum atomic E-state index is -6.35. The monoisotopic (exact) mass is 943 g/mol. The third-order valence-corrected chi connectivity index (χ3v) is 5.49. The van der Waals surface area contributed by atoms with Crippen molar-refractivity contribution in [3.63, 3.8) is 0 Å². The number of hydrogen-bond donors (Lipinski definition) is 4. The lowest BCUT2D eigenvalue weighted by Gasteiger charge is -2.21. The predicted octanol–water partition coefficient (Wildman–Crippen LogP) is 12.1. The van der Waals surface area contributed by atoms with Crippen molar-refractivity contribution >= 4 is 25.7 Å². The molecule has 0 saturated heterocycles. The highest BCUT2D eigenvalue weighted by Gasteiger charge is 2.28. The second-order valence-corrected chi connectivity index (χ2v) is 10.6. The van der Waals surface area contributed by atoms with Crippen molar-refractivity contribution in [2.75, 3.05) is 19.8 Å². The summed E-state index contributed by atoms with van der Waals surface area (Å²) in [6.07, 6.45) is -123. The fourth-order valence-corrected chi connectivity index (χ4v) is 3.07. The third kappa shape index (κ3) is 36.8. The molecule has 0 aliphatic carbocycles. The van der Waals surface area contributed by atoms with Crippen LogP contribution in [0.1, 0.15) is 303 Å². The summed E-state index contributed by atoms with van der Waals surface area (Å²) >= 11 is 0. The highest BCUT2D eigenvalue weighted by molar-refractivity contribution is 7.47. The Bertz CT molecular complexity index is 4310. The molecular weight excluding hydrogens is 771 g/mol. The first-order valence-electron chi connectivity index (χ1n) is 53.4. The quantitative estimate of drug-likeness (QED) is 0.0337. The lowest BCUT2D eigenvalue weighted by Crippen LogP contribution is -2.35. The first-order valence-corrected chi connectivity index (χ1v) is 15.9. The van der Waals surface area contributed by atoms with Gasteiger partial charge in [0.1, 0.15) is 12.6 Å². The number of phosphoric ester groups is 1. The Morgan fingerprint density at radius 3 is 1.31 bits per heavy atom. The van der Waals surface area contributed by atoms with Gasteiger partial charge in [0, 0.05) is 120 Å². The summed E-state index contributed by atoms with van der Waals surface area (Å²) in [4.78, 5) is 50.9. The summed E-state index contributed by atoms with van der Waals surface area (Å²) in [6, 6.07) is -2.43. The van der Waals surface area contributed by atoms with E-state index in [0.717, 1.165) is 0 Å². The van der Waals surface area contributed by atoms with Crippen LogP contribution in [0.5, 0.6) is 0 Å². The molecule has 0 aliphatic rings. The van der Waals surface area contributed by atoms with Crippen LogP contribution < -0.4 is 11.9 Å². The van der Waals surface area contributed by atoms with Crippen LogP contribution in [0.15, 0.2) is 0 Å². The second-order valence-electron chi connectivity index (χ2n) is 9.13. The Kier molecular flexibility index (Phi) is 6.09. The number of phosphoric acid groups is 1. The van der Waals surface area contributed by atoms with Gasteiger partial charge in [-0.15, -0.1) is 0 Å². The molecule has 0 spiro atoms. The van der Waals surface area contributed by atoms with Gasteiger partial charge < -0.3 is 31.4 Å². The van der Waals surface area contributed by atoms with E-state index in [2.05, 4.69) is 18.5 Å². The highest BCUT2D eigenvalue weighted by atomic mass is 31.2. The summed E-state index contributed by atoms with van der Waals surface area (Å²) in [7, 11) is -6.35. The Hall–Kier alpha value is -1.56. The smallest absolute Gasteiger partial charge is 0.472 e. The Morgan fingerprint density at radius 1 is 0.576 bits per heavy atom. The first-order chi connectivity index (χ1) is 57.5. The van der Waals surface area contributed by atoms with Gasteiger partial charge in [-0.05, 0) is 47.2 Å². The molecule has 0 bridgehead atoms. The van der Waals surface area contributed by atoms with E-state index < -0.39 is 301 Å². The topological polar surface area (TPSA) is 207 Å². The van der Waals surface area contributed by atoms with Crippen molar-refractivity contribution in [3.05, 3.63) is 0 Å². The molecule has 0 amide bonds. The molecule has 12 nitrogen and oxygen atoms in total. The van der Waals surface area contributed by atoms with Crippen LogP contribution in [-0.2, 0) is 37.5 Å². The lowest BCUT2D eigenvalue weighted by atomic mass is 9.91. The maximum Gasteiger partial charge on any atom is 0.472 e. The van der Waals surface area contributed by atoms with Crippen LogP contribution in [0.4, 0.5) is 0 Å². The second kappa shape index (κ2) is 35.0. The van der Waals surface area contributed by atoms with Crippen molar-refractivity contribution in [1.29, 1.82) is 0 Å². The molecule has 0 fully saturated rings. The van der Waals surface area contributed by atoms with Crippen LogP contribution in [0, 0.1) is 47.2 Å². The van der Waals surface area contributed by atoms with Crippen LogP contribution in [-0.4, -0.2) is 59.9 Å². The Balaban J connectivity index is 0. The SMILES string of the molecule is N.[2H]C([2H])([2H])C([2H])(C([2H])([2H])[2H])C([2H])([2H])C([2H])([2H])C([2H])([2H])C([2H])(C([2H])([2H])[2H])C([2H])([2H])C([2H])([2H])C([2H])([2H])C([2H])(C([2H])([2H])[2H])C([2H])([2H])C([2H])([2H])C([2H])([2H])C([2H])(C([2H])([2H])[2H])C([2H])([2H])C(=O)OC[C@H](COP(=O)(O)OC[C@H](N)C(=O)O)OC(=O)C([2H])([2H])C([2H])(C([2H])([2H])[2H])C([2H])([2H])C([2H])([2H])C([2H])([2H])C([2H])(C([2H])([2H])[2H])C([2H])([2H])C([2H])([2H])C([2H])([2H])C([2H])(C([2H])([2H])[2H])C([2H])([2H])C([2H])([2H])C([2H])([2H])C([2H])(C([2H])([2H])[2H])C([2H])([2H])[2H]. The van der Waals surface area contributed by atoms with Gasteiger partial charge in [0.15, 0.2) is 6.10 Å². The van der Waals surface area contributed by atoms with E-state index >= 15 is 0 Å². The molecule has 13 heteroatoms. The Morgan fingerprint density at radius 2 is 0.932 bits per heavy atom. The van der Waals surface area contributed by atoms with Gasteiger partial charge in [0.25, 0.3) is 0 Å². The van der Waals surface area contributed by atoms with Crippen LogP contribution in [0.25, 0.3) is 0 Å². The molecule has 0 heterocycles. The van der Waals surface area contributed by atoms with E-state index in [1.807, 2.05) is 0 Å². The molecule has 7 N–H and O–H groups in total. The van der Waals surface area contributed by atoms with Crippen molar-refractivity contribution < 1.29 is 154 Å². The fraction of sp³-hybridized carbons (Fsp3) is 0.935. The number of rotatable bonds is 38. The standard InChI is InChI=1S/C46H90NO10P.H3N/c1-34(2)17-11-19-36(5)21-13-23-38(7)25-15-27-40(9)29-44(48)54-31-42(32-55-58(52,53)56-33-43(47)46(50)51)57-45(49)30-41(10)28-16-26-39(8)24-14-22-37(6)20-12-18-35(3)4;/h34-43H,11-33,47H2,1-10H3,(H,50,51)(H,52,53);1H3/t36?,37?,38?,39?,40?,41?,42-,43+;/m1./s1/i1D3,2D3,3D3,4D3,5D3,6D3,7D3,8D3,9D3,10D3,11D2,12D2,13D2,14D2,15D2,16D2,17D2,18D2,19D2,20D2,21D2,22D2,23D2,24D2,25D2,26D2,27D2,28D2,29D2,30D2,34D,35D,36D,37D,38D,39D,40D,41D;. The molecule has 59 heavy (non-hydrogen) atoms. The molecule has 0 saturated carbocycles. The van der Waals surface area contributed by atoms with Gasteiger partial charge in [-0.3, -0.25) is 23.4 Å². The van der Waals surface area contributed by atoms with Crippen molar-refractivity contribution in [1.82, 2.24) is 6.15 Å². The van der Waals surface area contributed by atoms with E-state index in [9.17, 15) is 28.9 Å². The van der Waals surface area contributed by atoms with Gasteiger partial charge in [-0.1, -0.05) is 183 Å². The minimum absolute atomic E-state index is 0. The molecule has 0 aromatic heterocycles. The number of carbonyl (C=O) groups is 3. The number of carboxylic acid groups (broad SMARTS) is 1. The van der Waals surface area contributed by atoms with E-state index in [1.54, 1.807) is 0 Å². The van der Waals surface area contributed by atoms with E-state index in [4.69, 9.17) is 113 Å². The summed E-state index contributed by atoms with van der Waals surface area (Å²) in [5, 5.41) is 9.19.